The SMILES string of the molecule is C/C=C/c1nn(Cc2ccc(Cl)cc2Cl)c2cc(C(F)F)ccc12. The average Bonchev–Trinajstić information content (AvgIpc) is 2.88. The van der Waals surface area contributed by atoms with Crippen LogP contribution in [0.15, 0.2) is 42.5 Å². The van der Waals surface area contributed by atoms with Gasteiger partial charge in [-0.1, -0.05) is 47.5 Å². The summed E-state index contributed by atoms with van der Waals surface area (Å²) in [5.41, 5.74) is 2.17. The molecule has 0 aliphatic heterocycles. The van der Waals surface area contributed by atoms with Crippen molar-refractivity contribution < 1.29 is 8.78 Å². The van der Waals surface area contributed by atoms with Crippen molar-refractivity contribution in [3.05, 3.63) is 69.3 Å². The molecule has 0 unspecified atom stereocenters. The van der Waals surface area contributed by atoms with Gasteiger partial charge in [-0.15, -0.1) is 0 Å². The standard InChI is InChI=1S/C18H14Cl2F2N2/c1-2-3-16-14-7-5-11(18(21)22)8-17(14)24(23-16)10-12-4-6-13(19)9-15(12)20/h2-9,18H,10H2,1H3/b3-2+. The van der Waals surface area contributed by atoms with Crippen LogP contribution in [0.5, 0.6) is 0 Å². The van der Waals surface area contributed by atoms with Crippen LogP contribution in [0.1, 0.15) is 30.2 Å². The molecular weight excluding hydrogens is 353 g/mol. The molecule has 0 spiro atoms. The Hall–Kier alpha value is -1.91. The van der Waals surface area contributed by atoms with Crippen molar-refractivity contribution in [3.8, 4) is 0 Å². The van der Waals surface area contributed by atoms with Crippen LogP contribution in [0.25, 0.3) is 17.0 Å². The largest absolute Gasteiger partial charge is 0.263 e. The number of hydrogen-bond acceptors (Lipinski definition) is 1. The Morgan fingerprint density at radius 1 is 1.17 bits per heavy atom. The summed E-state index contributed by atoms with van der Waals surface area (Å²) < 4.78 is 27.8. The van der Waals surface area contributed by atoms with Crippen LogP contribution in [0.3, 0.4) is 0 Å². The van der Waals surface area contributed by atoms with Crippen LogP contribution in [-0.2, 0) is 6.54 Å². The summed E-state index contributed by atoms with van der Waals surface area (Å²) in [5, 5.41) is 6.42. The van der Waals surface area contributed by atoms with Crippen LogP contribution in [0.4, 0.5) is 8.78 Å². The van der Waals surface area contributed by atoms with Crippen LogP contribution in [0.2, 0.25) is 10.0 Å². The Balaban J connectivity index is 2.13. The van der Waals surface area contributed by atoms with Crippen LogP contribution in [-0.4, -0.2) is 9.78 Å². The van der Waals surface area contributed by atoms with E-state index < -0.39 is 6.43 Å². The normalized spacial score (nSPS) is 11.9. The molecular formula is C18H14Cl2F2N2. The average molecular weight is 367 g/mol. The lowest BCUT2D eigenvalue weighted by molar-refractivity contribution is 0.151. The van der Waals surface area contributed by atoms with Crippen LogP contribution < -0.4 is 0 Å². The number of rotatable bonds is 4. The van der Waals surface area contributed by atoms with Gasteiger partial charge in [0.1, 0.15) is 0 Å². The summed E-state index contributed by atoms with van der Waals surface area (Å²) in [6.07, 6.45) is 1.19. The molecule has 3 aromatic rings. The quantitative estimate of drug-likeness (QED) is 0.524. The lowest BCUT2D eigenvalue weighted by Gasteiger charge is -2.07. The van der Waals surface area contributed by atoms with Gasteiger partial charge in [0, 0.05) is 21.0 Å². The van der Waals surface area contributed by atoms with E-state index in [0.29, 0.717) is 22.1 Å². The minimum atomic E-state index is -2.53. The minimum Gasteiger partial charge on any atom is -0.260 e. The fourth-order valence-electron chi connectivity index (χ4n) is 2.57. The molecule has 0 saturated heterocycles. The molecule has 0 aliphatic carbocycles. The third-order valence-corrected chi connectivity index (χ3v) is 4.30. The number of alkyl halides is 2. The van der Waals surface area contributed by atoms with Gasteiger partial charge in [0.25, 0.3) is 6.43 Å². The Labute approximate surface area is 148 Å². The molecule has 124 valence electrons. The van der Waals surface area contributed by atoms with Crippen LogP contribution in [0, 0.1) is 0 Å². The van der Waals surface area contributed by atoms with Gasteiger partial charge in [-0.2, -0.15) is 5.10 Å². The van der Waals surface area contributed by atoms with E-state index >= 15 is 0 Å². The number of aromatic nitrogens is 2. The molecule has 0 radical (unpaired) electrons. The smallest absolute Gasteiger partial charge is 0.260 e. The van der Waals surface area contributed by atoms with Gasteiger partial charge < -0.3 is 0 Å². The Morgan fingerprint density at radius 3 is 2.62 bits per heavy atom. The van der Waals surface area contributed by atoms with E-state index in [4.69, 9.17) is 23.2 Å². The zero-order chi connectivity index (χ0) is 17.3. The summed E-state index contributed by atoms with van der Waals surface area (Å²) >= 11 is 12.1. The van der Waals surface area contributed by atoms with E-state index in [1.54, 1.807) is 22.9 Å². The first-order valence-electron chi connectivity index (χ1n) is 7.35. The molecule has 0 aliphatic rings. The number of halogens is 4. The molecule has 0 fully saturated rings. The van der Waals surface area contributed by atoms with Gasteiger partial charge in [-0.3, -0.25) is 4.68 Å². The second-order valence-electron chi connectivity index (χ2n) is 5.36. The highest BCUT2D eigenvalue weighted by atomic mass is 35.5. The number of allylic oxidation sites excluding steroid dienone is 1. The highest BCUT2D eigenvalue weighted by molar-refractivity contribution is 6.35. The molecule has 0 amide bonds. The maximum atomic E-state index is 13.0. The summed E-state index contributed by atoms with van der Waals surface area (Å²) in [6, 6.07) is 9.79. The predicted octanol–water partition coefficient (Wildman–Crippen LogP) is 6.36. The number of hydrogen-bond donors (Lipinski definition) is 0. The second kappa shape index (κ2) is 6.91. The molecule has 0 atom stereocenters. The number of benzene rings is 2. The van der Waals surface area contributed by atoms with E-state index in [1.807, 2.05) is 25.1 Å². The van der Waals surface area contributed by atoms with E-state index in [1.165, 1.54) is 12.1 Å². The fourth-order valence-corrected chi connectivity index (χ4v) is 3.03. The van der Waals surface area contributed by atoms with Gasteiger partial charge >= 0.3 is 0 Å². The Bertz CT molecular complexity index is 917. The maximum absolute atomic E-state index is 13.0. The molecule has 0 N–H and O–H groups in total. The molecule has 0 bridgehead atoms. The topological polar surface area (TPSA) is 17.8 Å². The lowest BCUT2D eigenvalue weighted by atomic mass is 10.1. The molecule has 3 rings (SSSR count). The molecule has 2 aromatic carbocycles. The highest BCUT2D eigenvalue weighted by Crippen LogP contribution is 2.28. The van der Waals surface area contributed by atoms with Gasteiger partial charge in [0.15, 0.2) is 0 Å². The summed E-state index contributed by atoms with van der Waals surface area (Å²) in [5.74, 6) is 0. The molecule has 1 aromatic heterocycles. The highest BCUT2D eigenvalue weighted by Gasteiger charge is 2.14. The summed E-state index contributed by atoms with van der Waals surface area (Å²) in [4.78, 5) is 0. The molecule has 6 heteroatoms. The van der Waals surface area contributed by atoms with Gasteiger partial charge in [0.05, 0.1) is 17.8 Å². The third-order valence-electron chi connectivity index (χ3n) is 3.72. The van der Waals surface area contributed by atoms with Crippen molar-refractivity contribution in [3.63, 3.8) is 0 Å². The first kappa shape index (κ1) is 16.9. The van der Waals surface area contributed by atoms with Crippen molar-refractivity contribution in [2.45, 2.75) is 19.9 Å². The Kier molecular flexibility index (Phi) is 4.88. The first-order chi connectivity index (χ1) is 11.5. The van der Waals surface area contributed by atoms with Crippen molar-refractivity contribution >= 4 is 40.2 Å². The molecule has 1 heterocycles. The zero-order valence-electron chi connectivity index (χ0n) is 12.8. The number of nitrogens with zero attached hydrogens (tertiary/aromatic N) is 2. The van der Waals surface area contributed by atoms with E-state index in [2.05, 4.69) is 5.10 Å². The second-order valence-corrected chi connectivity index (χ2v) is 6.20. The summed E-state index contributed by atoms with van der Waals surface area (Å²) in [6.45, 7) is 2.26. The fraction of sp³-hybridized carbons (Fsp3) is 0.167. The van der Waals surface area contributed by atoms with E-state index in [9.17, 15) is 8.78 Å². The monoisotopic (exact) mass is 366 g/mol. The van der Waals surface area contributed by atoms with Gasteiger partial charge in [-0.05, 0) is 36.8 Å². The lowest BCUT2D eigenvalue weighted by Crippen LogP contribution is -2.02. The molecule has 2 nitrogen and oxygen atoms in total. The summed E-state index contributed by atoms with van der Waals surface area (Å²) in [7, 11) is 0. The number of fused-ring (bicyclic) bond motifs is 1. The van der Waals surface area contributed by atoms with Crippen LogP contribution >= 0.6 is 23.2 Å². The van der Waals surface area contributed by atoms with Crippen molar-refractivity contribution in [2.75, 3.05) is 0 Å². The van der Waals surface area contributed by atoms with Gasteiger partial charge in [-0.25, -0.2) is 8.78 Å². The van der Waals surface area contributed by atoms with Crippen molar-refractivity contribution in [2.24, 2.45) is 0 Å². The molecule has 24 heavy (non-hydrogen) atoms. The molecule has 0 saturated carbocycles. The van der Waals surface area contributed by atoms with E-state index in [0.717, 1.165) is 16.6 Å². The van der Waals surface area contributed by atoms with Crippen molar-refractivity contribution in [1.29, 1.82) is 0 Å². The van der Waals surface area contributed by atoms with Crippen molar-refractivity contribution in [1.82, 2.24) is 9.78 Å². The van der Waals surface area contributed by atoms with E-state index in [-0.39, 0.29) is 5.56 Å². The first-order valence-corrected chi connectivity index (χ1v) is 8.10. The third kappa shape index (κ3) is 3.30. The Morgan fingerprint density at radius 2 is 1.96 bits per heavy atom. The predicted molar refractivity (Wildman–Crippen MR) is 95.0 cm³/mol. The minimum absolute atomic E-state index is 0.0297. The zero-order valence-corrected chi connectivity index (χ0v) is 14.3. The van der Waals surface area contributed by atoms with Gasteiger partial charge in [0.2, 0.25) is 0 Å². The maximum Gasteiger partial charge on any atom is 0.263 e.